The molecule has 2 heterocycles. The molecule has 0 radical (unpaired) electrons. The Morgan fingerprint density at radius 3 is 2.46 bits per heavy atom. The summed E-state index contributed by atoms with van der Waals surface area (Å²) in [7, 11) is 0. The molecule has 0 bridgehead atoms. The lowest BCUT2D eigenvalue weighted by Gasteiger charge is -2.34. The average molecular weight is 360 g/mol. The fourth-order valence-electron chi connectivity index (χ4n) is 3.73. The van der Waals surface area contributed by atoms with Crippen LogP contribution >= 0.6 is 0 Å². The van der Waals surface area contributed by atoms with E-state index in [2.05, 4.69) is 34.7 Å². The van der Waals surface area contributed by atoms with Gasteiger partial charge in [-0.15, -0.1) is 0 Å². The van der Waals surface area contributed by atoms with Crippen molar-refractivity contribution >= 4 is 6.09 Å². The molecule has 2 saturated heterocycles. The third-order valence-corrected chi connectivity index (χ3v) is 5.14. The van der Waals surface area contributed by atoms with Crippen LogP contribution in [0.25, 0.3) is 0 Å². The minimum absolute atomic E-state index is 0.186. The van der Waals surface area contributed by atoms with Crippen molar-refractivity contribution in [2.24, 2.45) is 0 Å². The first-order valence-electron chi connectivity index (χ1n) is 9.96. The number of nitrogens with one attached hydrogen (secondary N) is 1. The van der Waals surface area contributed by atoms with Gasteiger partial charge in [-0.3, -0.25) is 5.43 Å². The molecule has 2 aliphatic rings. The lowest BCUT2D eigenvalue weighted by atomic mass is 9.90. The minimum Gasteiger partial charge on any atom is -0.444 e. The van der Waals surface area contributed by atoms with Crippen LogP contribution < -0.4 is 5.43 Å². The molecule has 0 spiro atoms. The van der Waals surface area contributed by atoms with Gasteiger partial charge in [0.15, 0.2) is 0 Å². The first-order valence-corrected chi connectivity index (χ1v) is 9.96. The zero-order valence-corrected chi connectivity index (χ0v) is 16.5. The van der Waals surface area contributed by atoms with Crippen molar-refractivity contribution in [1.82, 2.24) is 15.3 Å². The summed E-state index contributed by atoms with van der Waals surface area (Å²) in [6.45, 7) is 10.5. The van der Waals surface area contributed by atoms with Crippen LogP contribution in [0.5, 0.6) is 0 Å². The number of hydrazine groups is 1. The second-order valence-corrected chi connectivity index (χ2v) is 8.54. The Kier molecular flexibility index (Phi) is 6.20. The number of benzene rings is 1. The lowest BCUT2D eigenvalue weighted by Crippen LogP contribution is -2.42. The van der Waals surface area contributed by atoms with Crippen molar-refractivity contribution in [1.29, 1.82) is 0 Å². The number of hydrogen-bond donors (Lipinski definition) is 1. The number of piperidine rings is 1. The summed E-state index contributed by atoms with van der Waals surface area (Å²) in [5.41, 5.74) is 5.70. The Balaban J connectivity index is 1.53. The highest BCUT2D eigenvalue weighted by Crippen LogP contribution is 2.28. The van der Waals surface area contributed by atoms with Crippen LogP contribution in [0.4, 0.5) is 4.79 Å². The lowest BCUT2D eigenvalue weighted by molar-refractivity contribution is 0.0198. The first kappa shape index (κ1) is 19.2. The highest BCUT2D eigenvalue weighted by molar-refractivity contribution is 5.68. The maximum Gasteiger partial charge on any atom is 0.410 e. The third-order valence-electron chi connectivity index (χ3n) is 5.14. The number of amides is 1. The third kappa shape index (κ3) is 5.45. The molecule has 1 aromatic rings. The number of nitrogens with zero attached hydrogens (tertiary/aromatic N) is 2. The standard InChI is InChI=1S/C21H33N3O2/c1-21(2,3)26-20(25)23-12-6-7-19(16-23)18-10-8-17(9-11-18)15-22-24-13-4-5-14-24/h8-11,19,22H,4-7,12-16H2,1-3H3. The van der Waals surface area contributed by atoms with Crippen LogP contribution in [0.15, 0.2) is 24.3 Å². The van der Waals surface area contributed by atoms with Crippen LogP contribution in [0.2, 0.25) is 0 Å². The summed E-state index contributed by atoms with van der Waals surface area (Å²) in [6.07, 6.45) is 4.56. The minimum atomic E-state index is -0.436. The molecule has 1 aromatic carbocycles. The molecular weight excluding hydrogens is 326 g/mol. The molecule has 26 heavy (non-hydrogen) atoms. The van der Waals surface area contributed by atoms with Gasteiger partial charge < -0.3 is 9.64 Å². The van der Waals surface area contributed by atoms with Gasteiger partial charge in [-0.1, -0.05) is 24.3 Å². The molecule has 3 rings (SSSR count). The molecule has 5 nitrogen and oxygen atoms in total. The van der Waals surface area contributed by atoms with E-state index in [0.717, 1.165) is 45.6 Å². The monoisotopic (exact) mass is 359 g/mol. The summed E-state index contributed by atoms with van der Waals surface area (Å²) in [5, 5.41) is 2.31. The smallest absolute Gasteiger partial charge is 0.410 e. The number of carbonyl (C=O) groups is 1. The number of ether oxygens (including phenoxy) is 1. The zero-order chi connectivity index (χ0) is 18.6. The zero-order valence-electron chi connectivity index (χ0n) is 16.5. The number of carbonyl (C=O) groups excluding carboxylic acids is 1. The van der Waals surface area contributed by atoms with Crippen molar-refractivity contribution in [3.05, 3.63) is 35.4 Å². The van der Waals surface area contributed by atoms with Gasteiger partial charge in [0.25, 0.3) is 0 Å². The Bertz CT molecular complexity index is 588. The maximum atomic E-state index is 12.3. The van der Waals surface area contributed by atoms with Crippen LogP contribution in [0.1, 0.15) is 63.5 Å². The quantitative estimate of drug-likeness (QED) is 0.885. The van der Waals surface area contributed by atoms with Crippen LogP contribution in [0.3, 0.4) is 0 Å². The second kappa shape index (κ2) is 8.40. The number of rotatable bonds is 4. The van der Waals surface area contributed by atoms with E-state index in [1.165, 1.54) is 24.0 Å². The van der Waals surface area contributed by atoms with E-state index in [1.807, 2.05) is 25.7 Å². The topological polar surface area (TPSA) is 44.8 Å². The van der Waals surface area contributed by atoms with Gasteiger partial charge in [0.2, 0.25) is 0 Å². The van der Waals surface area contributed by atoms with Crippen molar-refractivity contribution in [3.8, 4) is 0 Å². The molecule has 1 amide bonds. The predicted molar refractivity (Wildman–Crippen MR) is 104 cm³/mol. The molecule has 0 aromatic heterocycles. The van der Waals surface area contributed by atoms with E-state index in [4.69, 9.17) is 4.74 Å². The largest absolute Gasteiger partial charge is 0.444 e. The Labute approximate surface area is 157 Å². The predicted octanol–water partition coefficient (Wildman–Crippen LogP) is 3.90. The number of hydrogen-bond acceptors (Lipinski definition) is 4. The fraction of sp³-hybridized carbons (Fsp3) is 0.667. The van der Waals surface area contributed by atoms with Gasteiger partial charge in [0.05, 0.1) is 0 Å². The highest BCUT2D eigenvalue weighted by Gasteiger charge is 2.28. The van der Waals surface area contributed by atoms with E-state index in [-0.39, 0.29) is 6.09 Å². The molecule has 0 saturated carbocycles. The molecule has 2 aliphatic heterocycles. The van der Waals surface area contributed by atoms with E-state index < -0.39 is 5.60 Å². The molecule has 144 valence electrons. The molecular formula is C21H33N3O2. The van der Waals surface area contributed by atoms with Crippen LogP contribution in [-0.4, -0.2) is 47.8 Å². The molecule has 2 fully saturated rings. The van der Waals surface area contributed by atoms with Crippen LogP contribution in [0, 0.1) is 0 Å². The maximum absolute atomic E-state index is 12.3. The number of likely N-dealkylation sites (tertiary alicyclic amines) is 1. The summed E-state index contributed by atoms with van der Waals surface area (Å²) < 4.78 is 5.54. The van der Waals surface area contributed by atoms with Gasteiger partial charge in [-0.2, -0.15) is 0 Å². The van der Waals surface area contributed by atoms with Gasteiger partial charge in [-0.05, 0) is 57.6 Å². The van der Waals surface area contributed by atoms with Gasteiger partial charge in [0.1, 0.15) is 5.60 Å². The van der Waals surface area contributed by atoms with Crippen molar-refractivity contribution in [3.63, 3.8) is 0 Å². The summed E-state index contributed by atoms with van der Waals surface area (Å²) in [4.78, 5) is 14.2. The SMILES string of the molecule is CC(C)(C)OC(=O)N1CCCC(c2ccc(CNN3CCCC3)cc2)C1. The van der Waals surface area contributed by atoms with E-state index >= 15 is 0 Å². The Morgan fingerprint density at radius 1 is 1.12 bits per heavy atom. The van der Waals surface area contributed by atoms with Gasteiger partial charge in [0, 0.05) is 38.6 Å². The van der Waals surface area contributed by atoms with Crippen LogP contribution in [-0.2, 0) is 11.3 Å². The molecule has 1 unspecified atom stereocenters. The van der Waals surface area contributed by atoms with Gasteiger partial charge in [-0.25, -0.2) is 9.80 Å². The van der Waals surface area contributed by atoms with Crippen molar-refractivity contribution in [2.45, 2.75) is 64.5 Å². The van der Waals surface area contributed by atoms with Gasteiger partial charge >= 0.3 is 6.09 Å². The summed E-state index contributed by atoms with van der Waals surface area (Å²) >= 11 is 0. The molecule has 1 atom stereocenters. The molecule has 1 N–H and O–H groups in total. The average Bonchev–Trinajstić information content (AvgIpc) is 3.13. The Hall–Kier alpha value is -1.59. The molecule has 0 aliphatic carbocycles. The van der Waals surface area contributed by atoms with Crippen molar-refractivity contribution in [2.75, 3.05) is 26.2 Å². The molecule has 5 heteroatoms. The second-order valence-electron chi connectivity index (χ2n) is 8.54. The van der Waals surface area contributed by atoms with E-state index in [0.29, 0.717) is 5.92 Å². The first-order chi connectivity index (χ1) is 12.4. The van der Waals surface area contributed by atoms with Crippen molar-refractivity contribution < 1.29 is 9.53 Å². The fourth-order valence-corrected chi connectivity index (χ4v) is 3.73. The normalized spacial score (nSPS) is 21.8. The highest BCUT2D eigenvalue weighted by atomic mass is 16.6. The summed E-state index contributed by atoms with van der Waals surface area (Å²) in [6, 6.07) is 8.88. The van der Waals surface area contributed by atoms with E-state index in [1.54, 1.807) is 0 Å². The summed E-state index contributed by atoms with van der Waals surface area (Å²) in [5.74, 6) is 0.400. The Morgan fingerprint density at radius 2 is 1.81 bits per heavy atom. The van der Waals surface area contributed by atoms with E-state index in [9.17, 15) is 4.79 Å².